The fourth-order valence-corrected chi connectivity index (χ4v) is 2.95. The van der Waals surface area contributed by atoms with Crippen molar-refractivity contribution in [1.82, 2.24) is 5.32 Å². The summed E-state index contributed by atoms with van der Waals surface area (Å²) in [6.45, 7) is 3.68. The number of halogens is 2. The molecule has 0 bridgehead atoms. The second kappa shape index (κ2) is 5.16. The summed E-state index contributed by atoms with van der Waals surface area (Å²) in [7, 11) is 0. The highest BCUT2D eigenvalue weighted by molar-refractivity contribution is 9.10. The van der Waals surface area contributed by atoms with Gasteiger partial charge in [-0.1, -0.05) is 29.8 Å². The number of carboxylic acid groups (broad SMARTS) is 1. The molecule has 1 aliphatic carbocycles. The molecule has 1 saturated carbocycles. The van der Waals surface area contributed by atoms with Gasteiger partial charge in [0, 0.05) is 11.0 Å². The summed E-state index contributed by atoms with van der Waals surface area (Å²) in [6, 6.07) is 4.22. The van der Waals surface area contributed by atoms with Crippen LogP contribution in [0.15, 0.2) is 22.7 Å². The Labute approximate surface area is 124 Å². The molecule has 1 amide bonds. The van der Waals surface area contributed by atoms with E-state index in [4.69, 9.17) is 5.11 Å². The number of benzene rings is 1. The zero-order chi connectivity index (χ0) is 15.1. The number of hydrogen-bond donors (Lipinski definition) is 2. The predicted octanol–water partition coefficient (Wildman–Crippen LogP) is 2.56. The lowest BCUT2D eigenvalue weighted by molar-refractivity contribution is -0.140. The zero-order valence-electron chi connectivity index (χ0n) is 11.1. The summed E-state index contributed by atoms with van der Waals surface area (Å²) < 4.78 is 13.8. The molecule has 0 aliphatic heterocycles. The van der Waals surface area contributed by atoms with Crippen LogP contribution in [-0.4, -0.2) is 17.0 Å². The van der Waals surface area contributed by atoms with Gasteiger partial charge in [-0.3, -0.25) is 9.59 Å². The second-order valence-electron chi connectivity index (χ2n) is 5.57. The van der Waals surface area contributed by atoms with Gasteiger partial charge >= 0.3 is 5.97 Å². The summed E-state index contributed by atoms with van der Waals surface area (Å²) in [5.41, 5.74) is 0.0819. The highest BCUT2D eigenvalue weighted by Crippen LogP contribution is 2.58. The fraction of sp³-hybridized carbons (Fsp3) is 0.429. The van der Waals surface area contributed by atoms with Crippen molar-refractivity contribution in [2.24, 2.45) is 17.3 Å². The summed E-state index contributed by atoms with van der Waals surface area (Å²) in [4.78, 5) is 23.0. The molecule has 1 aliphatic rings. The van der Waals surface area contributed by atoms with E-state index in [1.54, 1.807) is 19.9 Å². The zero-order valence-corrected chi connectivity index (χ0v) is 12.7. The van der Waals surface area contributed by atoms with E-state index in [0.29, 0.717) is 10.0 Å². The molecule has 2 N–H and O–H groups in total. The normalized spacial score (nSPS) is 23.2. The SMILES string of the molecule is CC1(C)C(C(=O)O)C1C(=O)NCc1cc(F)ccc1Br. The molecule has 6 heteroatoms. The molecule has 4 nitrogen and oxygen atoms in total. The monoisotopic (exact) mass is 343 g/mol. The van der Waals surface area contributed by atoms with Crippen molar-refractivity contribution in [3.8, 4) is 0 Å². The van der Waals surface area contributed by atoms with E-state index in [1.807, 2.05) is 0 Å². The second-order valence-corrected chi connectivity index (χ2v) is 6.42. The lowest BCUT2D eigenvalue weighted by Gasteiger charge is -2.08. The summed E-state index contributed by atoms with van der Waals surface area (Å²) in [5, 5.41) is 11.7. The molecule has 0 spiro atoms. The largest absolute Gasteiger partial charge is 0.481 e. The van der Waals surface area contributed by atoms with Crippen LogP contribution in [0.1, 0.15) is 19.4 Å². The predicted molar refractivity (Wildman–Crippen MR) is 74.3 cm³/mol. The third-order valence-corrected chi connectivity index (χ3v) is 4.61. The van der Waals surface area contributed by atoms with E-state index in [-0.39, 0.29) is 18.3 Å². The van der Waals surface area contributed by atoms with Crippen LogP contribution in [-0.2, 0) is 16.1 Å². The van der Waals surface area contributed by atoms with E-state index in [1.165, 1.54) is 12.1 Å². The van der Waals surface area contributed by atoms with Crippen LogP contribution in [0.25, 0.3) is 0 Å². The summed E-state index contributed by atoms with van der Waals surface area (Å²) in [6.07, 6.45) is 0. The number of rotatable bonds is 4. The maximum atomic E-state index is 13.1. The van der Waals surface area contributed by atoms with E-state index in [0.717, 1.165) is 0 Å². The molecule has 2 rings (SSSR count). The molecule has 0 heterocycles. The third kappa shape index (κ3) is 2.70. The van der Waals surface area contributed by atoms with Crippen molar-refractivity contribution in [3.63, 3.8) is 0 Å². The van der Waals surface area contributed by atoms with E-state index in [9.17, 15) is 14.0 Å². The van der Waals surface area contributed by atoms with Crippen molar-refractivity contribution in [2.75, 3.05) is 0 Å². The number of carboxylic acids is 1. The molecular formula is C14H15BrFNO3. The molecule has 0 saturated heterocycles. The van der Waals surface area contributed by atoms with Gasteiger partial charge in [0.25, 0.3) is 0 Å². The van der Waals surface area contributed by atoms with Gasteiger partial charge in [-0.25, -0.2) is 4.39 Å². The summed E-state index contributed by atoms with van der Waals surface area (Å²) >= 11 is 3.28. The van der Waals surface area contributed by atoms with Crippen molar-refractivity contribution in [2.45, 2.75) is 20.4 Å². The smallest absolute Gasteiger partial charge is 0.307 e. The Morgan fingerprint density at radius 2 is 2.05 bits per heavy atom. The third-order valence-electron chi connectivity index (χ3n) is 3.84. The minimum absolute atomic E-state index is 0.163. The van der Waals surface area contributed by atoms with Crippen molar-refractivity contribution in [1.29, 1.82) is 0 Å². The van der Waals surface area contributed by atoms with E-state index in [2.05, 4.69) is 21.2 Å². The lowest BCUT2D eigenvalue weighted by atomic mass is 10.1. The molecule has 0 radical (unpaired) electrons. The van der Waals surface area contributed by atoms with Gasteiger partial charge in [0.1, 0.15) is 5.82 Å². The molecule has 1 aromatic carbocycles. The number of amides is 1. The van der Waals surface area contributed by atoms with Crippen LogP contribution in [0.5, 0.6) is 0 Å². The van der Waals surface area contributed by atoms with Crippen LogP contribution >= 0.6 is 15.9 Å². The minimum atomic E-state index is -0.956. The van der Waals surface area contributed by atoms with Gasteiger partial charge in [-0.2, -0.15) is 0 Å². The molecule has 2 atom stereocenters. The van der Waals surface area contributed by atoms with Gasteiger partial charge in [0.2, 0.25) is 5.91 Å². The van der Waals surface area contributed by atoms with Crippen molar-refractivity contribution >= 4 is 27.8 Å². The van der Waals surface area contributed by atoms with Crippen LogP contribution in [0.3, 0.4) is 0 Å². The average molecular weight is 344 g/mol. The molecule has 20 heavy (non-hydrogen) atoms. The molecule has 0 aromatic heterocycles. The molecule has 1 fully saturated rings. The quantitative estimate of drug-likeness (QED) is 0.882. The van der Waals surface area contributed by atoms with Gasteiger partial charge in [0.15, 0.2) is 0 Å². The Balaban J connectivity index is 2.00. The van der Waals surface area contributed by atoms with E-state index < -0.39 is 23.2 Å². The maximum absolute atomic E-state index is 13.1. The first-order valence-electron chi connectivity index (χ1n) is 6.19. The first kappa shape index (κ1) is 15.0. The van der Waals surface area contributed by atoms with Gasteiger partial charge in [-0.15, -0.1) is 0 Å². The maximum Gasteiger partial charge on any atom is 0.307 e. The highest BCUT2D eigenvalue weighted by Gasteiger charge is 2.65. The van der Waals surface area contributed by atoms with Gasteiger partial charge in [0.05, 0.1) is 11.8 Å². The van der Waals surface area contributed by atoms with Crippen LogP contribution in [0, 0.1) is 23.1 Å². The van der Waals surface area contributed by atoms with Gasteiger partial charge < -0.3 is 10.4 Å². The number of aliphatic carboxylic acids is 1. The standard InChI is InChI=1S/C14H15BrFNO3/c1-14(2)10(11(14)13(19)20)12(18)17-6-7-5-8(16)3-4-9(7)15/h3-5,10-11H,6H2,1-2H3,(H,17,18)(H,19,20). The molecule has 2 unspecified atom stereocenters. The fourth-order valence-electron chi connectivity index (χ4n) is 2.56. The average Bonchev–Trinajstić information content (AvgIpc) is 2.93. The first-order valence-corrected chi connectivity index (χ1v) is 6.99. The topological polar surface area (TPSA) is 66.4 Å². The Kier molecular flexibility index (Phi) is 3.86. The van der Waals surface area contributed by atoms with Crippen molar-refractivity contribution < 1.29 is 19.1 Å². The van der Waals surface area contributed by atoms with E-state index >= 15 is 0 Å². The lowest BCUT2D eigenvalue weighted by Crippen LogP contribution is -2.27. The van der Waals surface area contributed by atoms with Crippen LogP contribution in [0.2, 0.25) is 0 Å². The molecular weight excluding hydrogens is 329 g/mol. The number of carbonyl (C=O) groups excluding carboxylic acids is 1. The van der Waals surface area contributed by atoms with Crippen LogP contribution in [0.4, 0.5) is 4.39 Å². The van der Waals surface area contributed by atoms with Gasteiger partial charge in [-0.05, 0) is 29.2 Å². The minimum Gasteiger partial charge on any atom is -0.481 e. The Morgan fingerprint density at radius 3 is 2.60 bits per heavy atom. The number of hydrogen-bond acceptors (Lipinski definition) is 2. The Bertz CT molecular complexity index is 574. The highest BCUT2D eigenvalue weighted by atomic mass is 79.9. The van der Waals surface area contributed by atoms with Crippen molar-refractivity contribution in [3.05, 3.63) is 34.1 Å². The molecule has 108 valence electrons. The number of carbonyl (C=O) groups is 2. The van der Waals surface area contributed by atoms with Crippen LogP contribution < -0.4 is 5.32 Å². The summed E-state index contributed by atoms with van der Waals surface area (Å²) in [5.74, 6) is -2.83. The molecule has 1 aromatic rings. The Morgan fingerprint density at radius 1 is 1.40 bits per heavy atom. The Hall–Kier alpha value is -1.43. The number of nitrogens with one attached hydrogen (secondary N) is 1. The first-order chi connectivity index (χ1) is 9.25.